The smallest absolute Gasteiger partial charge is 0.162 e. The monoisotopic (exact) mass is 258 g/mol. The molecule has 1 aromatic carbocycles. The summed E-state index contributed by atoms with van der Waals surface area (Å²) in [5, 5.41) is 15.4. The van der Waals surface area contributed by atoms with Crippen LogP contribution in [0.2, 0.25) is 0 Å². The Morgan fingerprint density at radius 3 is 3.00 bits per heavy atom. The summed E-state index contributed by atoms with van der Waals surface area (Å²) in [6.07, 6.45) is 3.27. The van der Waals surface area contributed by atoms with E-state index in [-0.39, 0.29) is 5.75 Å². The quantitative estimate of drug-likeness (QED) is 0.714. The van der Waals surface area contributed by atoms with E-state index in [1.54, 1.807) is 29.1 Å². The van der Waals surface area contributed by atoms with E-state index >= 15 is 0 Å². The zero-order chi connectivity index (χ0) is 12.5. The molecule has 0 bridgehead atoms. The number of rotatable bonds is 2. The van der Waals surface area contributed by atoms with Crippen LogP contribution in [0.15, 0.2) is 46.7 Å². The van der Waals surface area contributed by atoms with Crippen LogP contribution in [0.3, 0.4) is 0 Å². The maximum Gasteiger partial charge on any atom is 0.162 e. The average Bonchev–Trinajstić information content (AvgIpc) is 2.73. The van der Waals surface area contributed by atoms with Crippen LogP contribution in [-0.2, 0) is 7.05 Å². The lowest BCUT2D eigenvalue weighted by molar-refractivity contribution is 0.474. The highest BCUT2D eigenvalue weighted by Gasteiger charge is 2.09. The summed E-state index contributed by atoms with van der Waals surface area (Å²) in [4.78, 5) is 9.38. The van der Waals surface area contributed by atoms with Crippen LogP contribution in [0, 0.1) is 0 Å². The van der Waals surface area contributed by atoms with Crippen LogP contribution in [0.1, 0.15) is 0 Å². The van der Waals surface area contributed by atoms with Crippen molar-refractivity contribution in [1.29, 1.82) is 0 Å². The topological polar surface area (TPSA) is 63.8 Å². The molecule has 0 atom stereocenters. The molecule has 0 radical (unpaired) electrons. The Hall–Kier alpha value is -2.08. The Bertz CT molecular complexity index is 710. The van der Waals surface area contributed by atoms with Crippen molar-refractivity contribution in [1.82, 2.24) is 19.7 Å². The zero-order valence-electron chi connectivity index (χ0n) is 9.61. The van der Waals surface area contributed by atoms with E-state index in [4.69, 9.17) is 0 Å². The van der Waals surface area contributed by atoms with Gasteiger partial charge in [0, 0.05) is 11.9 Å². The molecule has 3 rings (SSSR count). The lowest BCUT2D eigenvalue weighted by Crippen LogP contribution is -1.92. The van der Waals surface area contributed by atoms with Crippen molar-refractivity contribution in [2.45, 2.75) is 9.92 Å². The van der Waals surface area contributed by atoms with Crippen molar-refractivity contribution in [3.63, 3.8) is 0 Å². The first-order chi connectivity index (χ1) is 8.74. The van der Waals surface area contributed by atoms with Gasteiger partial charge < -0.3 is 5.11 Å². The maximum atomic E-state index is 9.45. The third kappa shape index (κ3) is 1.91. The summed E-state index contributed by atoms with van der Waals surface area (Å²) >= 11 is 1.48. The summed E-state index contributed by atoms with van der Waals surface area (Å²) in [7, 11) is 1.85. The number of phenols is 1. The van der Waals surface area contributed by atoms with Crippen molar-refractivity contribution in [3.05, 3.63) is 36.8 Å². The van der Waals surface area contributed by atoms with Crippen molar-refractivity contribution < 1.29 is 5.11 Å². The Morgan fingerprint density at radius 1 is 1.28 bits per heavy atom. The fourth-order valence-electron chi connectivity index (χ4n) is 1.68. The van der Waals surface area contributed by atoms with Gasteiger partial charge in [0.2, 0.25) is 0 Å². The van der Waals surface area contributed by atoms with Crippen molar-refractivity contribution in [2.75, 3.05) is 0 Å². The molecule has 1 N–H and O–H groups in total. The molecule has 0 spiro atoms. The maximum absolute atomic E-state index is 9.45. The van der Waals surface area contributed by atoms with E-state index in [2.05, 4.69) is 15.1 Å². The Kier molecular flexibility index (Phi) is 2.64. The molecular weight excluding hydrogens is 248 g/mol. The first-order valence-corrected chi connectivity index (χ1v) is 6.15. The number of hydrogen-bond donors (Lipinski definition) is 1. The Morgan fingerprint density at radius 2 is 2.17 bits per heavy atom. The predicted octanol–water partition coefficient (Wildman–Crippen LogP) is 2.22. The summed E-state index contributed by atoms with van der Waals surface area (Å²) in [6, 6.07) is 7.08. The largest absolute Gasteiger partial charge is 0.508 e. The van der Waals surface area contributed by atoms with Gasteiger partial charge in [0.1, 0.15) is 17.1 Å². The molecule has 2 aromatic heterocycles. The van der Waals surface area contributed by atoms with Crippen LogP contribution in [0.25, 0.3) is 11.0 Å². The normalized spacial score (nSPS) is 10.9. The van der Waals surface area contributed by atoms with Crippen molar-refractivity contribution in [2.24, 2.45) is 7.05 Å². The van der Waals surface area contributed by atoms with Gasteiger partial charge in [-0.25, -0.2) is 9.97 Å². The number of aromatic hydroxyl groups is 1. The number of phenolic OH excluding ortho intramolecular Hbond substituents is 1. The third-order valence-electron chi connectivity index (χ3n) is 2.53. The van der Waals surface area contributed by atoms with E-state index < -0.39 is 0 Å². The molecule has 0 saturated heterocycles. The fourth-order valence-corrected chi connectivity index (χ4v) is 2.58. The zero-order valence-corrected chi connectivity index (χ0v) is 10.4. The molecule has 3 aromatic rings. The molecule has 5 nitrogen and oxygen atoms in total. The van der Waals surface area contributed by atoms with Gasteiger partial charge in [-0.3, -0.25) is 4.68 Å². The molecule has 0 saturated carbocycles. The Labute approximate surface area is 107 Å². The molecule has 0 aliphatic carbocycles. The molecule has 2 heterocycles. The van der Waals surface area contributed by atoms with Gasteiger partial charge in [-0.2, -0.15) is 5.10 Å². The molecule has 90 valence electrons. The number of fused-ring (bicyclic) bond motifs is 1. The van der Waals surface area contributed by atoms with Crippen molar-refractivity contribution >= 4 is 22.8 Å². The first-order valence-electron chi connectivity index (χ1n) is 5.33. The lowest BCUT2D eigenvalue weighted by Gasteiger charge is -2.02. The molecule has 0 aliphatic rings. The molecule has 0 amide bonds. The van der Waals surface area contributed by atoms with Gasteiger partial charge in [0.05, 0.1) is 11.6 Å². The number of benzene rings is 1. The summed E-state index contributed by atoms with van der Waals surface area (Å²) < 4.78 is 1.71. The molecular formula is C12H10N4OS. The van der Waals surface area contributed by atoms with Gasteiger partial charge in [0.25, 0.3) is 0 Å². The van der Waals surface area contributed by atoms with E-state index in [1.807, 2.05) is 13.1 Å². The Balaban J connectivity index is 2.05. The molecule has 0 aliphatic heterocycles. The molecule has 18 heavy (non-hydrogen) atoms. The van der Waals surface area contributed by atoms with Crippen LogP contribution >= 0.6 is 11.8 Å². The van der Waals surface area contributed by atoms with Crippen LogP contribution < -0.4 is 0 Å². The minimum atomic E-state index is 0.247. The molecule has 0 fully saturated rings. The van der Waals surface area contributed by atoms with Crippen LogP contribution in [0.5, 0.6) is 5.75 Å². The van der Waals surface area contributed by atoms with E-state index in [1.165, 1.54) is 18.1 Å². The minimum absolute atomic E-state index is 0.247. The first kappa shape index (κ1) is 11.0. The number of aromatic nitrogens is 4. The average molecular weight is 258 g/mol. The van der Waals surface area contributed by atoms with E-state index in [0.717, 1.165) is 21.0 Å². The highest BCUT2D eigenvalue weighted by Crippen LogP contribution is 2.31. The van der Waals surface area contributed by atoms with Gasteiger partial charge in [-0.15, -0.1) is 0 Å². The lowest BCUT2D eigenvalue weighted by atomic mass is 10.3. The highest BCUT2D eigenvalue weighted by molar-refractivity contribution is 7.99. The van der Waals surface area contributed by atoms with E-state index in [0.29, 0.717) is 0 Å². The summed E-state index contributed by atoms with van der Waals surface area (Å²) in [5.41, 5.74) is 0.799. The predicted molar refractivity (Wildman–Crippen MR) is 68.5 cm³/mol. The summed E-state index contributed by atoms with van der Waals surface area (Å²) in [5.74, 6) is 0.247. The van der Waals surface area contributed by atoms with Gasteiger partial charge in [-0.1, -0.05) is 17.8 Å². The standard InChI is InChI=1S/C12H10N4OS/c1-16-11-10(6-15-16)12(14-7-13-11)18-9-4-2-3-8(17)5-9/h2-7,17H,1H3. The van der Waals surface area contributed by atoms with Crippen molar-refractivity contribution in [3.8, 4) is 5.75 Å². The second kappa shape index (κ2) is 4.30. The molecule has 6 heteroatoms. The highest BCUT2D eigenvalue weighted by atomic mass is 32.2. The molecule has 0 unspecified atom stereocenters. The fraction of sp³-hybridized carbons (Fsp3) is 0.0833. The SMILES string of the molecule is Cn1ncc2c(Sc3cccc(O)c3)ncnc21. The van der Waals surface area contributed by atoms with Gasteiger partial charge in [-0.05, 0) is 18.2 Å². The van der Waals surface area contributed by atoms with Crippen LogP contribution in [-0.4, -0.2) is 24.9 Å². The minimum Gasteiger partial charge on any atom is -0.508 e. The second-order valence-electron chi connectivity index (χ2n) is 3.78. The van der Waals surface area contributed by atoms with Gasteiger partial charge >= 0.3 is 0 Å². The van der Waals surface area contributed by atoms with E-state index in [9.17, 15) is 5.11 Å². The second-order valence-corrected chi connectivity index (χ2v) is 4.85. The third-order valence-corrected chi connectivity index (χ3v) is 3.53. The van der Waals surface area contributed by atoms with Gasteiger partial charge in [0.15, 0.2) is 5.65 Å². The number of nitrogens with zero attached hydrogens (tertiary/aromatic N) is 4. The van der Waals surface area contributed by atoms with Crippen LogP contribution in [0.4, 0.5) is 0 Å². The number of hydrogen-bond acceptors (Lipinski definition) is 5. The summed E-state index contributed by atoms with van der Waals surface area (Å²) in [6.45, 7) is 0. The number of aryl methyl sites for hydroxylation is 1.